The van der Waals surface area contributed by atoms with Crippen LogP contribution in [-0.2, 0) is 4.79 Å². The minimum Gasteiger partial charge on any atom is -0.480 e. The van der Waals surface area contributed by atoms with Crippen LogP contribution in [-0.4, -0.2) is 22.9 Å². The molecule has 2 atom stereocenters. The van der Waals surface area contributed by atoms with E-state index in [1.807, 2.05) is 6.07 Å². The average Bonchev–Trinajstić information content (AvgIpc) is 2.66. The summed E-state index contributed by atoms with van der Waals surface area (Å²) < 4.78 is 0. The van der Waals surface area contributed by atoms with Gasteiger partial charge in [0.25, 0.3) is 0 Å². The van der Waals surface area contributed by atoms with Gasteiger partial charge in [0.1, 0.15) is 6.04 Å². The fourth-order valence-corrected chi connectivity index (χ4v) is 3.44. The molecule has 1 aliphatic rings. The summed E-state index contributed by atoms with van der Waals surface area (Å²) >= 11 is 1.67. The normalized spacial score (nSPS) is 24.6. The lowest BCUT2D eigenvalue weighted by molar-refractivity contribution is -0.138. The smallest absolute Gasteiger partial charge is 0.321 e. The summed E-state index contributed by atoms with van der Waals surface area (Å²) in [5.74, 6) is -0.130. The molecular weight excluding hydrogens is 222 g/mol. The number of nitrogens with one attached hydrogen (secondary N) is 1. The van der Waals surface area contributed by atoms with Crippen LogP contribution in [0.4, 0.5) is 0 Å². The van der Waals surface area contributed by atoms with Gasteiger partial charge in [0, 0.05) is 5.75 Å². The predicted molar refractivity (Wildman–Crippen MR) is 65.7 cm³/mol. The highest BCUT2D eigenvalue weighted by atomic mass is 32.2. The van der Waals surface area contributed by atoms with Crippen LogP contribution in [0.5, 0.6) is 0 Å². The van der Waals surface area contributed by atoms with E-state index < -0.39 is 12.0 Å². The lowest BCUT2D eigenvalue weighted by atomic mass is 10.0. The first-order valence-electron chi connectivity index (χ1n) is 5.26. The Hall–Kier alpha value is -1.00. The molecule has 3 nitrogen and oxygen atoms in total. The number of aryl methyl sites for hydroxylation is 2. The van der Waals surface area contributed by atoms with Crippen molar-refractivity contribution in [3.8, 4) is 0 Å². The molecule has 1 saturated heterocycles. The van der Waals surface area contributed by atoms with Crippen molar-refractivity contribution in [3.05, 3.63) is 34.9 Å². The van der Waals surface area contributed by atoms with Crippen LogP contribution < -0.4 is 5.32 Å². The van der Waals surface area contributed by atoms with Crippen molar-refractivity contribution in [2.45, 2.75) is 25.3 Å². The number of aliphatic carboxylic acids is 1. The molecule has 0 spiro atoms. The highest BCUT2D eigenvalue weighted by molar-refractivity contribution is 7.99. The van der Waals surface area contributed by atoms with Crippen LogP contribution in [0.15, 0.2) is 18.2 Å². The van der Waals surface area contributed by atoms with Crippen molar-refractivity contribution >= 4 is 17.7 Å². The summed E-state index contributed by atoms with van der Waals surface area (Å²) in [5, 5.41) is 12.2. The molecule has 0 aromatic heterocycles. The van der Waals surface area contributed by atoms with Crippen molar-refractivity contribution in [1.82, 2.24) is 5.32 Å². The van der Waals surface area contributed by atoms with Gasteiger partial charge < -0.3 is 5.11 Å². The van der Waals surface area contributed by atoms with E-state index in [9.17, 15) is 4.79 Å². The average molecular weight is 237 g/mol. The monoisotopic (exact) mass is 237 g/mol. The van der Waals surface area contributed by atoms with Gasteiger partial charge in [-0.2, -0.15) is 0 Å². The Morgan fingerprint density at radius 1 is 1.44 bits per heavy atom. The van der Waals surface area contributed by atoms with Crippen molar-refractivity contribution < 1.29 is 9.90 Å². The van der Waals surface area contributed by atoms with Crippen LogP contribution in [0.2, 0.25) is 0 Å². The zero-order chi connectivity index (χ0) is 11.7. The molecule has 0 aliphatic carbocycles. The summed E-state index contributed by atoms with van der Waals surface area (Å²) in [4.78, 5) is 10.9. The largest absolute Gasteiger partial charge is 0.480 e. The molecular formula is C12H15NO2S. The quantitative estimate of drug-likeness (QED) is 0.827. The maximum atomic E-state index is 10.9. The SMILES string of the molecule is Cc1cccc(C)c1C1N[C@H](C(=O)O)CS1. The van der Waals surface area contributed by atoms with E-state index in [1.165, 1.54) is 16.7 Å². The van der Waals surface area contributed by atoms with Crippen LogP contribution in [0.1, 0.15) is 22.1 Å². The molecule has 1 aromatic carbocycles. The Balaban J connectivity index is 2.24. The molecule has 1 fully saturated rings. The fraction of sp³-hybridized carbons (Fsp3) is 0.417. The van der Waals surface area contributed by atoms with E-state index in [0.29, 0.717) is 5.75 Å². The minimum absolute atomic E-state index is 0.113. The fourth-order valence-electron chi connectivity index (χ4n) is 2.02. The lowest BCUT2D eigenvalue weighted by Gasteiger charge is -2.16. The molecule has 1 aliphatic heterocycles. The standard InChI is InChI=1S/C12H15NO2S/c1-7-4-3-5-8(2)10(7)11-13-9(6-16-11)12(14)15/h3-5,9,11,13H,6H2,1-2H3,(H,14,15)/t9-,11?/m0/s1. The topological polar surface area (TPSA) is 49.3 Å². The van der Waals surface area contributed by atoms with Gasteiger partial charge in [-0.25, -0.2) is 0 Å². The molecule has 1 unspecified atom stereocenters. The second-order valence-electron chi connectivity index (χ2n) is 4.08. The van der Waals surface area contributed by atoms with Crippen LogP contribution in [0.25, 0.3) is 0 Å². The molecule has 1 heterocycles. The van der Waals surface area contributed by atoms with Gasteiger partial charge in [0.2, 0.25) is 0 Å². The Bertz CT molecular complexity index is 399. The van der Waals surface area contributed by atoms with Crippen molar-refractivity contribution in [3.63, 3.8) is 0 Å². The predicted octanol–water partition coefficient (Wildman–Crippen LogP) is 2.09. The zero-order valence-electron chi connectivity index (χ0n) is 9.36. The van der Waals surface area contributed by atoms with Gasteiger partial charge in [-0.05, 0) is 30.5 Å². The van der Waals surface area contributed by atoms with Gasteiger partial charge in [-0.15, -0.1) is 11.8 Å². The van der Waals surface area contributed by atoms with Crippen molar-refractivity contribution in [2.24, 2.45) is 0 Å². The van der Waals surface area contributed by atoms with E-state index in [2.05, 4.69) is 31.3 Å². The number of carboxylic acids is 1. The van der Waals surface area contributed by atoms with Gasteiger partial charge in [0.05, 0.1) is 5.37 Å². The number of hydrogen-bond donors (Lipinski definition) is 2. The first kappa shape index (κ1) is 11.5. The number of carbonyl (C=O) groups is 1. The van der Waals surface area contributed by atoms with E-state index in [0.717, 1.165) is 0 Å². The second kappa shape index (κ2) is 4.47. The van der Waals surface area contributed by atoms with Gasteiger partial charge in [-0.1, -0.05) is 18.2 Å². The third kappa shape index (κ3) is 2.08. The number of hydrogen-bond acceptors (Lipinski definition) is 3. The van der Waals surface area contributed by atoms with E-state index in [4.69, 9.17) is 5.11 Å². The van der Waals surface area contributed by atoms with Crippen molar-refractivity contribution in [1.29, 1.82) is 0 Å². The second-order valence-corrected chi connectivity index (χ2v) is 5.21. The molecule has 1 aromatic rings. The first-order valence-corrected chi connectivity index (χ1v) is 6.31. The van der Waals surface area contributed by atoms with Crippen LogP contribution >= 0.6 is 11.8 Å². The molecule has 0 amide bonds. The molecule has 86 valence electrons. The summed E-state index contributed by atoms with van der Waals surface area (Å²) in [6.07, 6.45) is 0. The summed E-state index contributed by atoms with van der Waals surface area (Å²) in [7, 11) is 0. The van der Waals surface area contributed by atoms with Gasteiger partial charge in [0.15, 0.2) is 0 Å². The highest BCUT2D eigenvalue weighted by Crippen LogP contribution is 2.36. The summed E-state index contributed by atoms with van der Waals surface area (Å²) in [5.41, 5.74) is 3.67. The maximum Gasteiger partial charge on any atom is 0.321 e. The Morgan fingerprint density at radius 3 is 2.56 bits per heavy atom. The molecule has 4 heteroatoms. The van der Waals surface area contributed by atoms with Crippen LogP contribution in [0, 0.1) is 13.8 Å². The van der Waals surface area contributed by atoms with E-state index >= 15 is 0 Å². The summed E-state index contributed by atoms with van der Waals surface area (Å²) in [6.45, 7) is 4.14. The zero-order valence-corrected chi connectivity index (χ0v) is 10.2. The van der Waals surface area contributed by atoms with E-state index in [-0.39, 0.29) is 5.37 Å². The third-order valence-electron chi connectivity index (χ3n) is 2.88. The molecule has 2 N–H and O–H groups in total. The molecule has 2 rings (SSSR count). The van der Waals surface area contributed by atoms with E-state index in [1.54, 1.807) is 11.8 Å². The molecule has 0 saturated carbocycles. The lowest BCUT2D eigenvalue weighted by Crippen LogP contribution is -2.34. The highest BCUT2D eigenvalue weighted by Gasteiger charge is 2.31. The minimum atomic E-state index is -0.763. The van der Waals surface area contributed by atoms with Gasteiger partial charge in [-0.3, -0.25) is 10.1 Å². The van der Waals surface area contributed by atoms with Crippen molar-refractivity contribution in [2.75, 3.05) is 5.75 Å². The maximum absolute atomic E-state index is 10.9. The number of carboxylic acid groups (broad SMARTS) is 1. The third-order valence-corrected chi connectivity index (χ3v) is 4.12. The first-order chi connectivity index (χ1) is 7.59. The van der Waals surface area contributed by atoms with Gasteiger partial charge >= 0.3 is 5.97 Å². The summed E-state index contributed by atoms with van der Waals surface area (Å²) in [6, 6.07) is 5.74. The number of benzene rings is 1. The molecule has 0 radical (unpaired) electrons. The number of rotatable bonds is 2. The number of thioether (sulfide) groups is 1. The Labute approximate surface area is 99.2 Å². The molecule has 16 heavy (non-hydrogen) atoms. The Kier molecular flexibility index (Phi) is 3.21. The molecule has 0 bridgehead atoms. The Morgan fingerprint density at radius 2 is 2.06 bits per heavy atom. The van der Waals surface area contributed by atoms with Crippen LogP contribution in [0.3, 0.4) is 0 Å².